The normalized spacial score (nSPS) is 14.5. The summed E-state index contributed by atoms with van der Waals surface area (Å²) in [5.74, 6) is -1.38. The zero-order valence-electron chi connectivity index (χ0n) is 20.0. The number of nitrogens with one attached hydrogen (secondary N) is 1. The molecule has 8 heteroatoms. The Morgan fingerprint density at radius 3 is 2.59 bits per heavy atom. The van der Waals surface area contributed by atoms with Gasteiger partial charge in [-0.2, -0.15) is 0 Å². The van der Waals surface area contributed by atoms with Gasteiger partial charge in [0, 0.05) is 22.6 Å². The summed E-state index contributed by atoms with van der Waals surface area (Å²) in [4.78, 5) is 33.6. The number of aliphatic carboxylic acids is 1. The fraction of sp³-hybridized carbons (Fsp3) is 0.241. The lowest BCUT2D eigenvalue weighted by Gasteiger charge is -2.15. The van der Waals surface area contributed by atoms with Crippen LogP contribution in [-0.2, 0) is 17.6 Å². The number of unbranched alkanes of at least 4 members (excludes halogenated alkanes) is 1. The molecule has 4 aromatic rings. The summed E-state index contributed by atoms with van der Waals surface area (Å²) in [6.07, 6.45) is 3.40. The average Bonchev–Trinajstić information content (AvgIpc) is 3.27. The molecule has 5 rings (SSSR count). The highest BCUT2D eigenvalue weighted by Crippen LogP contribution is 2.33. The summed E-state index contributed by atoms with van der Waals surface area (Å²) in [5.41, 5.74) is 5.96. The summed E-state index contributed by atoms with van der Waals surface area (Å²) < 4.78 is 13.5. The van der Waals surface area contributed by atoms with Gasteiger partial charge in [0.2, 0.25) is 0 Å². The number of carbonyl (C=O) groups is 2. The number of halogens is 2. The highest BCUT2D eigenvalue weighted by Gasteiger charge is 2.24. The third-order valence-corrected chi connectivity index (χ3v) is 6.89. The Morgan fingerprint density at radius 2 is 1.81 bits per heavy atom. The standard InChI is InChI=1S/C29H25ClFN3O3/c30-20-9-12-22-18(15-20)7-13-23(22)34-29(37)19-8-14-24-26(16-19)32-25(3-1-2-4-27(35)36)28(33-24)17-5-10-21(31)11-6-17/h5-6,8-12,14-16,23H,1-4,7,13H2,(H,34,37)(H,35,36)/t23-/m1/s1. The minimum absolute atomic E-state index is 0.0767. The van der Waals surface area contributed by atoms with Gasteiger partial charge in [0.15, 0.2) is 0 Å². The maximum Gasteiger partial charge on any atom is 0.303 e. The molecule has 6 nitrogen and oxygen atoms in total. The van der Waals surface area contributed by atoms with E-state index >= 15 is 0 Å². The summed E-state index contributed by atoms with van der Waals surface area (Å²) in [6, 6.07) is 17.0. The van der Waals surface area contributed by atoms with Gasteiger partial charge in [-0.3, -0.25) is 9.59 Å². The van der Waals surface area contributed by atoms with Crippen LogP contribution in [0.4, 0.5) is 4.39 Å². The van der Waals surface area contributed by atoms with Gasteiger partial charge in [0.25, 0.3) is 5.91 Å². The van der Waals surface area contributed by atoms with Crippen LogP contribution in [0.5, 0.6) is 0 Å². The number of aryl methyl sites for hydroxylation is 2. The zero-order valence-corrected chi connectivity index (χ0v) is 20.8. The topological polar surface area (TPSA) is 92.2 Å². The van der Waals surface area contributed by atoms with Crippen LogP contribution in [0.1, 0.15) is 58.9 Å². The monoisotopic (exact) mass is 517 g/mol. The Morgan fingerprint density at radius 1 is 1.00 bits per heavy atom. The van der Waals surface area contributed by atoms with E-state index in [1.807, 2.05) is 18.2 Å². The number of aromatic nitrogens is 2. The average molecular weight is 518 g/mol. The van der Waals surface area contributed by atoms with E-state index in [0.717, 1.165) is 29.5 Å². The van der Waals surface area contributed by atoms with Gasteiger partial charge in [-0.05, 0) is 97.8 Å². The van der Waals surface area contributed by atoms with Crippen LogP contribution in [0.15, 0.2) is 60.7 Å². The molecule has 2 N–H and O–H groups in total. The van der Waals surface area contributed by atoms with E-state index in [1.165, 1.54) is 12.1 Å². The van der Waals surface area contributed by atoms with Crippen molar-refractivity contribution in [2.75, 3.05) is 0 Å². The number of carboxylic acids is 1. The molecule has 0 unspecified atom stereocenters. The zero-order chi connectivity index (χ0) is 25.9. The van der Waals surface area contributed by atoms with Crippen molar-refractivity contribution in [2.24, 2.45) is 0 Å². The molecule has 188 valence electrons. The van der Waals surface area contributed by atoms with Crippen LogP contribution in [-0.4, -0.2) is 27.0 Å². The summed E-state index contributed by atoms with van der Waals surface area (Å²) in [7, 11) is 0. The molecule has 1 heterocycles. The lowest BCUT2D eigenvalue weighted by atomic mass is 10.0. The van der Waals surface area contributed by atoms with Crippen molar-refractivity contribution in [3.05, 3.63) is 93.9 Å². The molecule has 0 bridgehead atoms. The summed E-state index contributed by atoms with van der Waals surface area (Å²) in [5, 5.41) is 12.8. The van der Waals surface area contributed by atoms with Crippen LogP contribution < -0.4 is 5.32 Å². The number of amides is 1. The molecule has 1 amide bonds. The molecule has 0 radical (unpaired) electrons. The van der Waals surface area contributed by atoms with E-state index in [9.17, 15) is 14.0 Å². The van der Waals surface area contributed by atoms with E-state index in [0.29, 0.717) is 52.3 Å². The predicted octanol–water partition coefficient (Wildman–Crippen LogP) is 6.30. The highest BCUT2D eigenvalue weighted by atomic mass is 35.5. The first-order valence-electron chi connectivity index (χ1n) is 12.2. The van der Waals surface area contributed by atoms with Crippen molar-refractivity contribution in [3.63, 3.8) is 0 Å². The fourth-order valence-electron chi connectivity index (χ4n) is 4.79. The van der Waals surface area contributed by atoms with Crippen LogP contribution >= 0.6 is 11.6 Å². The molecule has 1 atom stereocenters. The molecule has 1 aliphatic carbocycles. The molecule has 1 aromatic heterocycles. The Hall–Kier alpha value is -3.84. The van der Waals surface area contributed by atoms with E-state index < -0.39 is 5.97 Å². The van der Waals surface area contributed by atoms with Gasteiger partial charge < -0.3 is 10.4 Å². The lowest BCUT2D eigenvalue weighted by molar-refractivity contribution is -0.137. The van der Waals surface area contributed by atoms with E-state index in [1.54, 1.807) is 30.3 Å². The number of carboxylic acid groups (broad SMARTS) is 1. The maximum atomic E-state index is 13.5. The van der Waals surface area contributed by atoms with Gasteiger partial charge in [-0.25, -0.2) is 14.4 Å². The minimum Gasteiger partial charge on any atom is -0.481 e. The van der Waals surface area contributed by atoms with Crippen molar-refractivity contribution in [2.45, 2.75) is 44.6 Å². The molecule has 0 saturated carbocycles. The van der Waals surface area contributed by atoms with Gasteiger partial charge >= 0.3 is 5.97 Å². The third-order valence-electron chi connectivity index (χ3n) is 6.66. The quantitative estimate of drug-likeness (QED) is 0.267. The first-order chi connectivity index (χ1) is 17.9. The Bertz CT molecular complexity index is 1490. The van der Waals surface area contributed by atoms with Gasteiger partial charge in [-0.15, -0.1) is 0 Å². The number of benzene rings is 3. The number of hydrogen-bond donors (Lipinski definition) is 2. The number of rotatable bonds is 8. The molecule has 1 aliphatic rings. The number of hydrogen-bond acceptors (Lipinski definition) is 4. The Balaban J connectivity index is 1.42. The molecule has 3 aromatic carbocycles. The van der Waals surface area contributed by atoms with E-state index in [4.69, 9.17) is 26.7 Å². The summed E-state index contributed by atoms with van der Waals surface area (Å²) >= 11 is 6.11. The number of carbonyl (C=O) groups excluding carboxylic acids is 1. The first-order valence-corrected chi connectivity index (χ1v) is 12.6. The SMILES string of the molecule is O=C(O)CCCCc1nc2cc(C(=O)N[C@@H]3CCc4cc(Cl)ccc43)ccc2nc1-c1ccc(F)cc1. The molecule has 0 fully saturated rings. The van der Waals surface area contributed by atoms with Crippen LogP contribution in [0, 0.1) is 5.82 Å². The second-order valence-electron chi connectivity index (χ2n) is 9.24. The van der Waals surface area contributed by atoms with Crippen molar-refractivity contribution >= 4 is 34.5 Å². The second kappa shape index (κ2) is 10.6. The van der Waals surface area contributed by atoms with Crippen LogP contribution in [0.3, 0.4) is 0 Å². The van der Waals surface area contributed by atoms with Crippen molar-refractivity contribution < 1.29 is 19.1 Å². The molecule has 0 saturated heterocycles. The number of fused-ring (bicyclic) bond motifs is 2. The Labute approximate surface area is 218 Å². The summed E-state index contributed by atoms with van der Waals surface area (Å²) in [6.45, 7) is 0. The first kappa shape index (κ1) is 24.8. The second-order valence-corrected chi connectivity index (χ2v) is 9.67. The van der Waals surface area contributed by atoms with E-state index in [2.05, 4.69) is 5.32 Å². The van der Waals surface area contributed by atoms with Gasteiger partial charge in [0.05, 0.1) is 28.5 Å². The molecule has 0 aliphatic heterocycles. The van der Waals surface area contributed by atoms with Crippen molar-refractivity contribution in [3.8, 4) is 11.3 Å². The van der Waals surface area contributed by atoms with Gasteiger partial charge in [-0.1, -0.05) is 17.7 Å². The minimum atomic E-state index is -0.841. The molecular formula is C29H25ClFN3O3. The van der Waals surface area contributed by atoms with Gasteiger partial charge in [0.1, 0.15) is 5.82 Å². The molecule has 0 spiro atoms. The smallest absolute Gasteiger partial charge is 0.303 e. The predicted molar refractivity (Wildman–Crippen MR) is 140 cm³/mol. The fourth-order valence-corrected chi connectivity index (χ4v) is 4.99. The van der Waals surface area contributed by atoms with Crippen molar-refractivity contribution in [1.82, 2.24) is 15.3 Å². The lowest BCUT2D eigenvalue weighted by Crippen LogP contribution is -2.27. The third kappa shape index (κ3) is 5.62. The molecular weight excluding hydrogens is 493 g/mol. The number of nitrogens with zero attached hydrogens (tertiary/aromatic N) is 2. The Kier molecular flexibility index (Phi) is 7.15. The van der Waals surface area contributed by atoms with Crippen molar-refractivity contribution in [1.29, 1.82) is 0 Å². The van der Waals surface area contributed by atoms with Crippen LogP contribution in [0.25, 0.3) is 22.3 Å². The molecule has 37 heavy (non-hydrogen) atoms. The van der Waals surface area contributed by atoms with E-state index in [-0.39, 0.29) is 24.2 Å². The maximum absolute atomic E-state index is 13.5. The highest BCUT2D eigenvalue weighted by molar-refractivity contribution is 6.30. The van der Waals surface area contributed by atoms with Crippen LogP contribution in [0.2, 0.25) is 5.02 Å². The largest absolute Gasteiger partial charge is 0.481 e.